The maximum atomic E-state index is 12.8. The number of benzene rings is 1. The minimum Gasteiger partial charge on any atom is -0.321 e. The second-order valence-corrected chi connectivity index (χ2v) is 4.48. The van der Waals surface area contributed by atoms with Crippen LogP contribution < -0.4 is 5.32 Å². The lowest BCUT2D eigenvalue weighted by Gasteiger charge is -2.32. The number of carbonyl (C=O) groups excluding carboxylic acids is 2. The predicted octanol–water partition coefficient (Wildman–Crippen LogP) is 1.70. The van der Waals surface area contributed by atoms with Crippen LogP contribution in [0.4, 0.5) is 9.18 Å². The molecule has 3 amide bonds. The van der Waals surface area contributed by atoms with Gasteiger partial charge in [0.2, 0.25) is 5.91 Å². The van der Waals surface area contributed by atoms with Crippen molar-refractivity contribution in [3.8, 4) is 0 Å². The van der Waals surface area contributed by atoms with Crippen LogP contribution in [0.2, 0.25) is 0 Å². The Morgan fingerprint density at radius 1 is 1.33 bits per heavy atom. The lowest BCUT2D eigenvalue weighted by atomic mass is 10.1. The molecule has 1 heterocycles. The topological polar surface area (TPSA) is 49.4 Å². The molecular formula is C13H15FN2O2. The zero-order valence-corrected chi connectivity index (χ0v) is 10.1. The molecule has 0 saturated carbocycles. The number of nitrogens with zero attached hydrogens (tertiary/aromatic N) is 1. The van der Waals surface area contributed by atoms with E-state index in [4.69, 9.17) is 0 Å². The van der Waals surface area contributed by atoms with Gasteiger partial charge in [-0.3, -0.25) is 10.1 Å². The van der Waals surface area contributed by atoms with Gasteiger partial charge in [0.15, 0.2) is 0 Å². The Morgan fingerprint density at radius 2 is 2.00 bits per heavy atom. The quantitative estimate of drug-likeness (QED) is 0.887. The molecule has 0 aliphatic carbocycles. The zero-order valence-electron chi connectivity index (χ0n) is 10.1. The van der Waals surface area contributed by atoms with Crippen LogP contribution in [0.15, 0.2) is 24.3 Å². The molecule has 1 unspecified atom stereocenters. The number of carbonyl (C=O) groups is 2. The number of amides is 3. The maximum absolute atomic E-state index is 12.8. The van der Waals surface area contributed by atoms with E-state index < -0.39 is 0 Å². The van der Waals surface area contributed by atoms with E-state index in [9.17, 15) is 14.0 Å². The van der Waals surface area contributed by atoms with Crippen molar-refractivity contribution in [2.75, 3.05) is 6.54 Å². The number of urea groups is 1. The molecule has 1 aromatic rings. The van der Waals surface area contributed by atoms with E-state index >= 15 is 0 Å². The van der Waals surface area contributed by atoms with E-state index in [0.717, 1.165) is 5.56 Å². The molecule has 96 valence electrons. The number of hydrogen-bond acceptors (Lipinski definition) is 2. The summed E-state index contributed by atoms with van der Waals surface area (Å²) in [7, 11) is 0. The fourth-order valence-corrected chi connectivity index (χ4v) is 2.07. The summed E-state index contributed by atoms with van der Waals surface area (Å²) in [6.45, 7) is 2.35. The highest BCUT2D eigenvalue weighted by atomic mass is 19.1. The van der Waals surface area contributed by atoms with Crippen LogP contribution in [0.3, 0.4) is 0 Å². The van der Waals surface area contributed by atoms with Gasteiger partial charge < -0.3 is 4.90 Å². The van der Waals surface area contributed by atoms with Crippen molar-refractivity contribution in [2.24, 2.45) is 0 Å². The highest BCUT2D eigenvalue weighted by molar-refractivity contribution is 5.96. The van der Waals surface area contributed by atoms with E-state index in [2.05, 4.69) is 5.32 Å². The molecule has 18 heavy (non-hydrogen) atoms. The van der Waals surface area contributed by atoms with Gasteiger partial charge in [-0.05, 0) is 31.0 Å². The van der Waals surface area contributed by atoms with Gasteiger partial charge in [0.25, 0.3) is 0 Å². The van der Waals surface area contributed by atoms with Gasteiger partial charge >= 0.3 is 6.03 Å². The summed E-state index contributed by atoms with van der Waals surface area (Å²) in [5, 5.41) is 2.29. The first-order chi connectivity index (χ1) is 8.56. The molecule has 1 N–H and O–H groups in total. The average molecular weight is 250 g/mol. The largest absolute Gasteiger partial charge is 0.324 e. The van der Waals surface area contributed by atoms with E-state index in [1.165, 1.54) is 12.1 Å². The van der Waals surface area contributed by atoms with Gasteiger partial charge in [0.05, 0.1) is 0 Å². The number of imide groups is 1. The predicted molar refractivity (Wildman–Crippen MR) is 64.4 cm³/mol. The van der Waals surface area contributed by atoms with Gasteiger partial charge in [-0.25, -0.2) is 9.18 Å². The molecule has 0 spiro atoms. The molecule has 1 aliphatic rings. The van der Waals surface area contributed by atoms with Crippen LogP contribution in [-0.4, -0.2) is 29.4 Å². The minimum absolute atomic E-state index is 0.0245. The highest BCUT2D eigenvalue weighted by Crippen LogP contribution is 2.12. The van der Waals surface area contributed by atoms with E-state index in [1.807, 2.05) is 6.92 Å². The molecule has 1 fully saturated rings. The average Bonchev–Trinajstić information content (AvgIpc) is 2.32. The Balaban J connectivity index is 1.99. The molecule has 0 radical (unpaired) electrons. The summed E-state index contributed by atoms with van der Waals surface area (Å²) >= 11 is 0. The molecule has 1 saturated heterocycles. The minimum atomic E-state index is -0.346. The summed E-state index contributed by atoms with van der Waals surface area (Å²) in [5.74, 6) is -0.502. The lowest BCUT2D eigenvalue weighted by molar-refractivity contribution is -0.121. The molecule has 0 aromatic heterocycles. The second kappa shape index (κ2) is 5.16. The standard InChI is InChI=1S/C13H15FN2O2/c1-9(8-10-2-4-11(14)5-3-10)16-7-6-12(17)15-13(16)18/h2-5,9H,6-8H2,1H3,(H,15,17,18). The first-order valence-electron chi connectivity index (χ1n) is 5.91. The second-order valence-electron chi connectivity index (χ2n) is 4.48. The monoisotopic (exact) mass is 250 g/mol. The van der Waals surface area contributed by atoms with E-state index in [-0.39, 0.29) is 23.8 Å². The third-order valence-electron chi connectivity index (χ3n) is 3.06. The molecule has 2 rings (SSSR count). The van der Waals surface area contributed by atoms with E-state index in [1.54, 1.807) is 17.0 Å². The molecule has 4 nitrogen and oxygen atoms in total. The third-order valence-corrected chi connectivity index (χ3v) is 3.06. The first-order valence-corrected chi connectivity index (χ1v) is 5.91. The summed E-state index contributed by atoms with van der Waals surface area (Å²) in [6.07, 6.45) is 0.974. The molecule has 1 aliphatic heterocycles. The number of hydrogen-bond donors (Lipinski definition) is 1. The molecule has 5 heteroatoms. The van der Waals surface area contributed by atoms with Gasteiger partial charge in [-0.1, -0.05) is 12.1 Å². The Labute approximate surface area is 105 Å². The summed E-state index contributed by atoms with van der Waals surface area (Å²) in [5.41, 5.74) is 0.966. The van der Waals surface area contributed by atoms with Gasteiger partial charge in [-0.2, -0.15) is 0 Å². The molecule has 1 atom stereocenters. The van der Waals surface area contributed by atoms with Gasteiger partial charge in [-0.15, -0.1) is 0 Å². The number of halogens is 1. The fraction of sp³-hybridized carbons (Fsp3) is 0.385. The van der Waals surface area contributed by atoms with Crippen LogP contribution in [0.25, 0.3) is 0 Å². The lowest BCUT2D eigenvalue weighted by Crippen LogP contribution is -2.53. The van der Waals surface area contributed by atoms with Gasteiger partial charge in [0, 0.05) is 19.0 Å². The summed E-state index contributed by atoms with van der Waals surface area (Å²) < 4.78 is 12.8. The van der Waals surface area contributed by atoms with Crippen molar-refractivity contribution in [3.63, 3.8) is 0 Å². The Kier molecular flexibility index (Phi) is 3.60. The fourth-order valence-electron chi connectivity index (χ4n) is 2.07. The van der Waals surface area contributed by atoms with Crippen LogP contribution in [-0.2, 0) is 11.2 Å². The van der Waals surface area contributed by atoms with Crippen LogP contribution in [0, 0.1) is 5.82 Å². The Bertz CT molecular complexity index is 459. The van der Waals surface area contributed by atoms with Crippen LogP contribution in [0.5, 0.6) is 0 Å². The van der Waals surface area contributed by atoms with Crippen LogP contribution in [0.1, 0.15) is 18.9 Å². The first kappa shape index (κ1) is 12.5. The van der Waals surface area contributed by atoms with Crippen molar-refractivity contribution in [3.05, 3.63) is 35.6 Å². The molecule has 0 bridgehead atoms. The number of rotatable bonds is 3. The van der Waals surface area contributed by atoms with Crippen molar-refractivity contribution >= 4 is 11.9 Å². The maximum Gasteiger partial charge on any atom is 0.324 e. The van der Waals surface area contributed by atoms with Gasteiger partial charge in [0.1, 0.15) is 5.82 Å². The summed E-state index contributed by atoms with van der Waals surface area (Å²) in [6, 6.07) is 5.85. The van der Waals surface area contributed by atoms with Crippen molar-refractivity contribution in [1.29, 1.82) is 0 Å². The summed E-state index contributed by atoms with van der Waals surface area (Å²) in [4.78, 5) is 24.3. The smallest absolute Gasteiger partial charge is 0.321 e. The zero-order chi connectivity index (χ0) is 13.1. The van der Waals surface area contributed by atoms with Crippen molar-refractivity contribution in [2.45, 2.75) is 25.8 Å². The number of nitrogens with one attached hydrogen (secondary N) is 1. The highest BCUT2D eigenvalue weighted by Gasteiger charge is 2.26. The molecule has 1 aromatic carbocycles. The Morgan fingerprint density at radius 3 is 2.61 bits per heavy atom. The third kappa shape index (κ3) is 2.85. The SMILES string of the molecule is CC(Cc1ccc(F)cc1)N1CCC(=O)NC1=O. The normalized spacial score (nSPS) is 17.6. The van der Waals surface area contributed by atoms with Crippen molar-refractivity contribution in [1.82, 2.24) is 10.2 Å². The Hall–Kier alpha value is -1.91. The van der Waals surface area contributed by atoms with E-state index in [0.29, 0.717) is 19.4 Å². The molecular weight excluding hydrogens is 235 g/mol. The van der Waals surface area contributed by atoms with Crippen molar-refractivity contribution < 1.29 is 14.0 Å². The van der Waals surface area contributed by atoms with Crippen LogP contribution >= 0.6 is 0 Å².